The van der Waals surface area contributed by atoms with Crippen LogP contribution in [0.2, 0.25) is 0 Å². The van der Waals surface area contributed by atoms with Crippen LogP contribution in [0.5, 0.6) is 0 Å². The second kappa shape index (κ2) is 8.71. The Morgan fingerprint density at radius 2 is 1.89 bits per heavy atom. The molecule has 0 aliphatic heterocycles. The van der Waals surface area contributed by atoms with E-state index in [1.54, 1.807) is 11.8 Å². The van der Waals surface area contributed by atoms with Crippen molar-refractivity contribution in [2.24, 2.45) is 0 Å². The highest BCUT2D eigenvalue weighted by atomic mass is 32.2. The molecule has 3 aromatic rings. The van der Waals surface area contributed by atoms with Gasteiger partial charge < -0.3 is 9.09 Å². The molecule has 0 amide bonds. The van der Waals surface area contributed by atoms with Crippen molar-refractivity contribution in [3.05, 3.63) is 58.7 Å². The lowest BCUT2D eigenvalue weighted by Crippen LogP contribution is -2.23. The van der Waals surface area contributed by atoms with Gasteiger partial charge >= 0.3 is 0 Å². The maximum atomic E-state index is 5.29. The number of nitrogens with zero attached hydrogens (tertiary/aromatic N) is 5. The molecule has 0 aliphatic carbocycles. The van der Waals surface area contributed by atoms with Gasteiger partial charge in [0.15, 0.2) is 11.0 Å². The minimum atomic E-state index is 0.231. The lowest BCUT2D eigenvalue weighted by atomic mass is 10.2. The number of aryl methyl sites for hydroxylation is 2. The van der Waals surface area contributed by atoms with Crippen molar-refractivity contribution in [1.29, 1.82) is 0 Å². The largest absolute Gasteiger partial charge is 0.361 e. The van der Waals surface area contributed by atoms with Crippen LogP contribution in [0.25, 0.3) is 0 Å². The van der Waals surface area contributed by atoms with Crippen molar-refractivity contribution in [3.63, 3.8) is 0 Å². The molecular formula is C20H27N5OS. The monoisotopic (exact) mass is 385 g/mol. The molecule has 1 atom stereocenters. The third kappa shape index (κ3) is 4.42. The molecule has 0 aliphatic rings. The number of benzene rings is 1. The van der Waals surface area contributed by atoms with E-state index in [4.69, 9.17) is 4.52 Å². The first-order chi connectivity index (χ1) is 13.0. The normalized spacial score (nSPS) is 12.7. The van der Waals surface area contributed by atoms with E-state index in [-0.39, 0.29) is 6.04 Å². The van der Waals surface area contributed by atoms with Gasteiger partial charge in [0.1, 0.15) is 5.76 Å². The topological polar surface area (TPSA) is 60.0 Å². The van der Waals surface area contributed by atoms with Gasteiger partial charge in [0.05, 0.1) is 18.3 Å². The molecular weight excluding hydrogens is 358 g/mol. The van der Waals surface area contributed by atoms with Crippen LogP contribution in [0.4, 0.5) is 0 Å². The van der Waals surface area contributed by atoms with E-state index >= 15 is 0 Å². The van der Waals surface area contributed by atoms with Crippen molar-refractivity contribution in [1.82, 2.24) is 24.8 Å². The molecule has 7 heteroatoms. The highest BCUT2D eigenvalue weighted by Crippen LogP contribution is 2.29. The zero-order valence-electron chi connectivity index (χ0n) is 16.6. The summed E-state index contributed by atoms with van der Waals surface area (Å²) in [4.78, 5) is 2.20. The van der Waals surface area contributed by atoms with Crippen molar-refractivity contribution < 1.29 is 4.52 Å². The van der Waals surface area contributed by atoms with Gasteiger partial charge in [-0.3, -0.25) is 4.90 Å². The number of aromatic nitrogens is 4. The molecule has 0 spiro atoms. The maximum absolute atomic E-state index is 5.29. The predicted octanol–water partition coefficient (Wildman–Crippen LogP) is 4.24. The molecule has 0 radical (unpaired) electrons. The number of thioether (sulfide) groups is 1. The van der Waals surface area contributed by atoms with Crippen molar-refractivity contribution in [2.45, 2.75) is 50.7 Å². The molecule has 0 bridgehead atoms. The lowest BCUT2D eigenvalue weighted by molar-refractivity contribution is 0.272. The Kier molecular flexibility index (Phi) is 6.34. The van der Waals surface area contributed by atoms with Crippen molar-refractivity contribution in [3.8, 4) is 0 Å². The van der Waals surface area contributed by atoms with Crippen LogP contribution < -0.4 is 0 Å². The van der Waals surface area contributed by atoms with Crippen LogP contribution in [-0.4, -0.2) is 38.9 Å². The summed E-state index contributed by atoms with van der Waals surface area (Å²) >= 11 is 1.68. The molecule has 0 N–H and O–H groups in total. The molecule has 2 aromatic heterocycles. The first-order valence-corrected chi connectivity index (χ1v) is 10.2. The molecule has 2 heterocycles. The average Bonchev–Trinajstić information content (AvgIpc) is 3.18. The second-order valence-corrected chi connectivity index (χ2v) is 7.83. The summed E-state index contributed by atoms with van der Waals surface area (Å²) < 4.78 is 7.53. The van der Waals surface area contributed by atoms with Crippen LogP contribution in [0.3, 0.4) is 0 Å². The van der Waals surface area contributed by atoms with E-state index in [0.29, 0.717) is 0 Å². The summed E-state index contributed by atoms with van der Waals surface area (Å²) in [6.07, 6.45) is 0.981. The molecule has 0 saturated heterocycles. The van der Waals surface area contributed by atoms with Crippen molar-refractivity contribution >= 4 is 11.8 Å². The van der Waals surface area contributed by atoms with Gasteiger partial charge in [0.25, 0.3) is 0 Å². The highest BCUT2D eigenvalue weighted by molar-refractivity contribution is 7.98. The SMILES string of the molecule is CCC(c1nnc(SCc2c(C)noc2C)n1Cc1ccccc1)N(C)C. The summed E-state index contributed by atoms with van der Waals surface area (Å²) in [5, 5.41) is 14.1. The van der Waals surface area contributed by atoms with Gasteiger partial charge in [0, 0.05) is 11.3 Å². The summed E-state index contributed by atoms with van der Waals surface area (Å²) in [5.41, 5.74) is 3.32. The Labute approximate surface area is 165 Å². The molecule has 1 unspecified atom stereocenters. The lowest BCUT2D eigenvalue weighted by Gasteiger charge is -2.23. The molecule has 3 rings (SSSR count). The minimum absolute atomic E-state index is 0.231. The standard InChI is InChI=1S/C20H27N5OS/c1-6-18(24(4)5)19-21-22-20(25(19)12-16-10-8-7-9-11-16)27-13-17-14(2)23-26-15(17)3/h7-11,18H,6,12-13H2,1-5H3. The Bertz CT molecular complexity index is 852. The minimum Gasteiger partial charge on any atom is -0.361 e. The van der Waals surface area contributed by atoms with Gasteiger partial charge in [-0.1, -0.05) is 54.2 Å². The number of hydrogen-bond donors (Lipinski definition) is 0. The molecule has 1 aromatic carbocycles. The van der Waals surface area contributed by atoms with Crippen molar-refractivity contribution in [2.75, 3.05) is 14.1 Å². The van der Waals surface area contributed by atoms with Crippen LogP contribution in [-0.2, 0) is 12.3 Å². The zero-order valence-corrected chi connectivity index (χ0v) is 17.5. The Hall–Kier alpha value is -2.12. The summed E-state index contributed by atoms with van der Waals surface area (Å²) in [6.45, 7) is 6.88. The molecule has 144 valence electrons. The van der Waals surface area contributed by atoms with Crippen LogP contribution in [0.1, 0.15) is 47.8 Å². The number of rotatable bonds is 8. The van der Waals surface area contributed by atoms with Crippen LogP contribution >= 0.6 is 11.8 Å². The first kappa shape index (κ1) is 19.6. The molecule has 0 saturated carbocycles. The third-order valence-electron chi connectivity index (χ3n) is 4.76. The van der Waals surface area contributed by atoms with Gasteiger partial charge in [-0.25, -0.2) is 0 Å². The molecule has 6 nitrogen and oxygen atoms in total. The Morgan fingerprint density at radius 1 is 1.15 bits per heavy atom. The number of hydrogen-bond acceptors (Lipinski definition) is 6. The summed E-state index contributed by atoms with van der Waals surface area (Å²) in [5.74, 6) is 2.65. The van der Waals surface area contributed by atoms with E-state index < -0.39 is 0 Å². The van der Waals surface area contributed by atoms with E-state index in [2.05, 4.69) is 70.1 Å². The molecule has 27 heavy (non-hydrogen) atoms. The maximum Gasteiger partial charge on any atom is 0.191 e. The summed E-state index contributed by atoms with van der Waals surface area (Å²) in [7, 11) is 4.18. The quantitative estimate of drug-likeness (QED) is 0.541. The smallest absolute Gasteiger partial charge is 0.191 e. The molecule has 0 fully saturated rings. The van der Waals surface area contributed by atoms with Crippen LogP contribution in [0.15, 0.2) is 40.0 Å². The van der Waals surface area contributed by atoms with Crippen LogP contribution in [0, 0.1) is 13.8 Å². The second-order valence-electron chi connectivity index (χ2n) is 6.89. The average molecular weight is 386 g/mol. The van der Waals surface area contributed by atoms with Gasteiger partial charge in [0.2, 0.25) is 0 Å². The fourth-order valence-corrected chi connectivity index (χ4v) is 4.29. The Balaban J connectivity index is 1.91. The predicted molar refractivity (Wildman–Crippen MR) is 108 cm³/mol. The first-order valence-electron chi connectivity index (χ1n) is 9.19. The van der Waals surface area contributed by atoms with Gasteiger partial charge in [-0.2, -0.15) is 0 Å². The highest BCUT2D eigenvalue weighted by Gasteiger charge is 2.22. The van der Waals surface area contributed by atoms with E-state index in [0.717, 1.165) is 46.7 Å². The fourth-order valence-electron chi connectivity index (χ4n) is 3.19. The zero-order chi connectivity index (χ0) is 19.4. The summed E-state index contributed by atoms with van der Waals surface area (Å²) in [6, 6.07) is 10.7. The van der Waals surface area contributed by atoms with E-state index in [1.165, 1.54) is 5.56 Å². The van der Waals surface area contributed by atoms with Gasteiger partial charge in [-0.05, 0) is 39.9 Å². The Morgan fingerprint density at radius 3 is 2.48 bits per heavy atom. The third-order valence-corrected chi connectivity index (χ3v) is 5.76. The fraction of sp³-hybridized carbons (Fsp3) is 0.450. The van der Waals surface area contributed by atoms with Gasteiger partial charge in [-0.15, -0.1) is 10.2 Å². The van der Waals surface area contributed by atoms with E-state index in [9.17, 15) is 0 Å². The van der Waals surface area contributed by atoms with E-state index in [1.807, 2.05) is 19.9 Å².